The number of rotatable bonds is 0. The molecule has 0 aromatic heterocycles. The summed E-state index contributed by atoms with van der Waals surface area (Å²) in [6.45, 7) is 0. The van der Waals surface area contributed by atoms with Gasteiger partial charge >= 0.3 is 0 Å². The Labute approximate surface area is 129 Å². The van der Waals surface area contributed by atoms with Gasteiger partial charge in [-0.2, -0.15) is 0 Å². The molecule has 0 saturated carbocycles. The van der Waals surface area contributed by atoms with Gasteiger partial charge in [0.2, 0.25) is 0 Å². The van der Waals surface area contributed by atoms with Gasteiger partial charge in [-0.25, -0.2) is 0 Å². The van der Waals surface area contributed by atoms with E-state index in [2.05, 4.69) is 66.7 Å². The SMILES string of the molecule is O[C@H]1c2ccccc2CC12c1ccccc1-c1ccccc12. The van der Waals surface area contributed by atoms with Gasteiger partial charge in [0.05, 0.1) is 11.5 Å². The lowest BCUT2D eigenvalue weighted by Crippen LogP contribution is -2.30. The summed E-state index contributed by atoms with van der Waals surface area (Å²) in [6.07, 6.45) is 0.395. The van der Waals surface area contributed by atoms with Crippen LogP contribution in [0.15, 0.2) is 72.8 Å². The quantitative estimate of drug-likeness (QED) is 0.654. The Morgan fingerprint density at radius 3 is 1.91 bits per heavy atom. The average Bonchev–Trinajstić information content (AvgIpc) is 3.04. The zero-order valence-corrected chi connectivity index (χ0v) is 12.2. The lowest BCUT2D eigenvalue weighted by molar-refractivity contribution is 0.120. The molecule has 0 heterocycles. The lowest BCUT2D eigenvalue weighted by Gasteiger charge is -2.31. The zero-order chi connectivity index (χ0) is 14.7. The Hall–Kier alpha value is -2.38. The van der Waals surface area contributed by atoms with Gasteiger partial charge in [-0.1, -0.05) is 72.8 Å². The van der Waals surface area contributed by atoms with E-state index >= 15 is 0 Å². The summed E-state index contributed by atoms with van der Waals surface area (Å²) < 4.78 is 0. The van der Waals surface area contributed by atoms with Crippen LogP contribution in [0.1, 0.15) is 28.4 Å². The summed E-state index contributed by atoms with van der Waals surface area (Å²) in [6, 6.07) is 25.4. The molecule has 3 aromatic carbocycles. The molecule has 1 atom stereocenters. The molecule has 0 fully saturated rings. The summed E-state index contributed by atoms with van der Waals surface area (Å²) in [5.41, 5.74) is 7.09. The molecule has 0 unspecified atom stereocenters. The van der Waals surface area contributed by atoms with Crippen LogP contribution in [0.5, 0.6) is 0 Å². The predicted octanol–water partition coefficient (Wildman–Crippen LogP) is 4.24. The van der Waals surface area contributed by atoms with Crippen molar-refractivity contribution in [2.75, 3.05) is 0 Å². The third-order valence-electron chi connectivity index (χ3n) is 5.39. The maximum absolute atomic E-state index is 11.2. The van der Waals surface area contributed by atoms with E-state index in [9.17, 15) is 5.11 Å². The molecule has 0 aliphatic heterocycles. The van der Waals surface area contributed by atoms with Crippen LogP contribution in [-0.4, -0.2) is 5.11 Å². The molecule has 0 amide bonds. The highest BCUT2D eigenvalue weighted by Gasteiger charge is 2.52. The number of aliphatic hydroxyl groups excluding tert-OH is 1. The van der Waals surface area contributed by atoms with Crippen LogP contribution in [0.25, 0.3) is 11.1 Å². The topological polar surface area (TPSA) is 20.2 Å². The standard InChI is InChI=1S/C21H16O/c22-20-15-8-2-1-7-14(15)13-21(20)18-11-5-3-9-16(18)17-10-4-6-12-19(17)21/h1-12,20,22H,13H2/t20-/m0/s1. The van der Waals surface area contributed by atoms with Crippen molar-refractivity contribution in [2.45, 2.75) is 17.9 Å². The van der Waals surface area contributed by atoms with Gasteiger partial charge < -0.3 is 5.11 Å². The molecule has 3 aromatic rings. The maximum atomic E-state index is 11.2. The molecular formula is C21H16O. The highest BCUT2D eigenvalue weighted by atomic mass is 16.3. The molecule has 106 valence electrons. The zero-order valence-electron chi connectivity index (χ0n) is 12.2. The minimum atomic E-state index is -0.478. The van der Waals surface area contributed by atoms with Crippen LogP contribution >= 0.6 is 0 Å². The fraction of sp³-hybridized carbons (Fsp3) is 0.143. The number of hydrogen-bond acceptors (Lipinski definition) is 1. The maximum Gasteiger partial charge on any atom is 0.0933 e. The summed E-state index contributed by atoms with van der Waals surface area (Å²) in [5.74, 6) is 0. The van der Waals surface area contributed by atoms with Crippen molar-refractivity contribution in [2.24, 2.45) is 0 Å². The smallest absolute Gasteiger partial charge is 0.0933 e. The predicted molar refractivity (Wildman–Crippen MR) is 87.8 cm³/mol. The molecule has 22 heavy (non-hydrogen) atoms. The molecule has 2 aliphatic rings. The first-order valence-electron chi connectivity index (χ1n) is 7.77. The fourth-order valence-corrected chi connectivity index (χ4v) is 4.47. The van der Waals surface area contributed by atoms with Crippen LogP contribution in [0.2, 0.25) is 0 Å². The number of aliphatic hydroxyl groups is 1. The molecule has 1 N–H and O–H groups in total. The monoisotopic (exact) mass is 284 g/mol. The molecule has 0 radical (unpaired) electrons. The van der Waals surface area contributed by atoms with E-state index in [4.69, 9.17) is 0 Å². The first-order valence-corrected chi connectivity index (χ1v) is 7.77. The fourth-order valence-electron chi connectivity index (χ4n) is 4.47. The summed E-state index contributed by atoms with van der Waals surface area (Å²) >= 11 is 0. The van der Waals surface area contributed by atoms with Crippen molar-refractivity contribution in [3.8, 4) is 11.1 Å². The van der Waals surface area contributed by atoms with Gasteiger partial charge in [0, 0.05) is 0 Å². The second kappa shape index (κ2) is 4.08. The van der Waals surface area contributed by atoms with Crippen LogP contribution < -0.4 is 0 Å². The van der Waals surface area contributed by atoms with Crippen LogP contribution in [0.4, 0.5) is 0 Å². The Kier molecular flexibility index (Phi) is 2.26. The van der Waals surface area contributed by atoms with Crippen LogP contribution in [-0.2, 0) is 11.8 Å². The Balaban J connectivity index is 1.87. The van der Waals surface area contributed by atoms with Gasteiger partial charge in [-0.05, 0) is 39.8 Å². The molecule has 0 bridgehead atoms. The Morgan fingerprint density at radius 2 is 1.27 bits per heavy atom. The normalized spacial score (nSPS) is 19.8. The average molecular weight is 284 g/mol. The molecule has 1 spiro atoms. The third-order valence-corrected chi connectivity index (χ3v) is 5.39. The summed E-state index contributed by atoms with van der Waals surface area (Å²) in [4.78, 5) is 0. The van der Waals surface area contributed by atoms with E-state index in [1.165, 1.54) is 27.8 Å². The second-order valence-corrected chi connectivity index (χ2v) is 6.34. The van der Waals surface area contributed by atoms with Gasteiger partial charge in [-0.15, -0.1) is 0 Å². The minimum Gasteiger partial charge on any atom is -0.387 e. The van der Waals surface area contributed by atoms with Crippen molar-refractivity contribution in [1.29, 1.82) is 0 Å². The van der Waals surface area contributed by atoms with Gasteiger partial charge in [0.15, 0.2) is 0 Å². The van der Waals surface area contributed by atoms with E-state index in [0.717, 1.165) is 12.0 Å². The van der Waals surface area contributed by atoms with Gasteiger partial charge in [0.25, 0.3) is 0 Å². The highest BCUT2D eigenvalue weighted by molar-refractivity contribution is 5.82. The lowest BCUT2D eigenvalue weighted by atomic mass is 9.74. The first-order chi connectivity index (χ1) is 10.8. The van der Waals surface area contributed by atoms with Crippen molar-refractivity contribution in [3.05, 3.63) is 95.1 Å². The molecule has 0 saturated heterocycles. The number of fused-ring (bicyclic) bond motifs is 6. The van der Waals surface area contributed by atoms with Crippen LogP contribution in [0, 0.1) is 0 Å². The molecule has 1 nitrogen and oxygen atoms in total. The minimum absolute atomic E-state index is 0.323. The van der Waals surface area contributed by atoms with E-state index in [1.54, 1.807) is 0 Å². The number of hydrogen-bond donors (Lipinski definition) is 1. The highest BCUT2D eigenvalue weighted by Crippen LogP contribution is 2.59. The van der Waals surface area contributed by atoms with E-state index in [0.29, 0.717) is 0 Å². The molecule has 2 aliphatic carbocycles. The Morgan fingerprint density at radius 1 is 0.727 bits per heavy atom. The van der Waals surface area contributed by atoms with Crippen molar-refractivity contribution >= 4 is 0 Å². The first kappa shape index (κ1) is 12.2. The Bertz CT molecular complexity index is 848. The summed E-state index contributed by atoms with van der Waals surface area (Å²) in [5, 5.41) is 11.2. The summed E-state index contributed by atoms with van der Waals surface area (Å²) in [7, 11) is 0. The van der Waals surface area contributed by atoms with Crippen molar-refractivity contribution < 1.29 is 5.11 Å². The van der Waals surface area contributed by atoms with Crippen LogP contribution in [0.3, 0.4) is 0 Å². The molecule has 5 rings (SSSR count). The van der Waals surface area contributed by atoms with Gasteiger partial charge in [-0.3, -0.25) is 0 Å². The van der Waals surface area contributed by atoms with E-state index in [1.807, 2.05) is 6.07 Å². The van der Waals surface area contributed by atoms with Crippen molar-refractivity contribution in [1.82, 2.24) is 0 Å². The van der Waals surface area contributed by atoms with Gasteiger partial charge in [0.1, 0.15) is 0 Å². The number of benzene rings is 3. The third kappa shape index (κ3) is 1.28. The van der Waals surface area contributed by atoms with Crippen molar-refractivity contribution in [3.63, 3.8) is 0 Å². The molecule has 1 heteroatoms. The largest absolute Gasteiger partial charge is 0.387 e. The van der Waals surface area contributed by atoms with E-state index < -0.39 is 6.10 Å². The van der Waals surface area contributed by atoms with E-state index in [-0.39, 0.29) is 5.41 Å². The molecular weight excluding hydrogens is 268 g/mol. The second-order valence-electron chi connectivity index (χ2n) is 6.34.